The highest BCUT2D eigenvalue weighted by Gasteiger charge is 2.57. The Bertz CT molecular complexity index is 577. The standard InChI is InChI=1S/C18H25N3OS/c1-13-11-20-15-5-2-3-6-18(15)16(13)14(12-23-18)17(22)21-9-4-7-19-8-10-21/h2-3,5,11,13-14,16,19H,4,6-10,12H2,1H3. The molecule has 0 aromatic heterocycles. The summed E-state index contributed by atoms with van der Waals surface area (Å²) in [5.74, 6) is 2.19. The van der Waals surface area contributed by atoms with Crippen LogP contribution in [-0.4, -0.2) is 53.7 Å². The van der Waals surface area contributed by atoms with Gasteiger partial charge in [-0.25, -0.2) is 0 Å². The van der Waals surface area contributed by atoms with E-state index in [1.807, 2.05) is 11.8 Å². The third kappa shape index (κ3) is 2.49. The number of thioether (sulfide) groups is 1. The summed E-state index contributed by atoms with van der Waals surface area (Å²) in [7, 11) is 0. The number of hydrogen-bond acceptors (Lipinski definition) is 4. The average Bonchev–Trinajstić information content (AvgIpc) is 2.77. The van der Waals surface area contributed by atoms with Gasteiger partial charge in [0, 0.05) is 31.6 Å². The predicted molar refractivity (Wildman–Crippen MR) is 95.7 cm³/mol. The zero-order valence-corrected chi connectivity index (χ0v) is 14.5. The number of nitrogens with zero attached hydrogens (tertiary/aromatic N) is 2. The second-order valence-corrected chi connectivity index (χ2v) is 8.43. The molecule has 4 aliphatic rings. The third-order valence-electron chi connectivity index (χ3n) is 5.72. The maximum absolute atomic E-state index is 13.2. The molecule has 124 valence electrons. The fourth-order valence-electron chi connectivity index (χ4n) is 4.61. The first-order valence-corrected chi connectivity index (χ1v) is 9.76. The summed E-state index contributed by atoms with van der Waals surface area (Å²) in [5, 5.41) is 3.39. The lowest BCUT2D eigenvalue weighted by Crippen LogP contribution is -2.48. The minimum atomic E-state index is 0.0351. The molecule has 0 bridgehead atoms. The molecule has 0 aromatic rings. The highest BCUT2D eigenvalue weighted by Crippen LogP contribution is 2.58. The van der Waals surface area contributed by atoms with Crippen molar-refractivity contribution in [1.82, 2.24) is 10.2 Å². The van der Waals surface area contributed by atoms with Gasteiger partial charge in [0.2, 0.25) is 5.91 Å². The van der Waals surface area contributed by atoms with Crippen LogP contribution >= 0.6 is 11.8 Å². The van der Waals surface area contributed by atoms with Gasteiger partial charge in [-0.15, -0.1) is 11.8 Å². The lowest BCUT2D eigenvalue weighted by atomic mass is 9.69. The van der Waals surface area contributed by atoms with Crippen molar-refractivity contribution < 1.29 is 4.79 Å². The third-order valence-corrected chi connectivity index (χ3v) is 7.41. The van der Waals surface area contributed by atoms with Gasteiger partial charge in [0.25, 0.3) is 0 Å². The first kappa shape index (κ1) is 15.5. The SMILES string of the molecule is CC1C=NC2=CC=CCC23SCC(C(=O)N2CCCNCC2)C13. The molecular weight excluding hydrogens is 306 g/mol. The van der Waals surface area contributed by atoms with Crippen LogP contribution in [0.3, 0.4) is 0 Å². The van der Waals surface area contributed by atoms with E-state index in [-0.39, 0.29) is 10.7 Å². The molecular formula is C18H25N3OS. The number of nitrogens with one attached hydrogen (secondary N) is 1. The molecule has 4 unspecified atom stereocenters. The Hall–Kier alpha value is -1.07. The molecule has 1 spiro atoms. The molecule has 1 N–H and O–H groups in total. The van der Waals surface area contributed by atoms with Crippen molar-refractivity contribution in [3.63, 3.8) is 0 Å². The van der Waals surface area contributed by atoms with E-state index in [0.29, 0.717) is 17.7 Å². The lowest BCUT2D eigenvalue weighted by Gasteiger charge is -2.43. The van der Waals surface area contributed by atoms with Gasteiger partial charge in [0.05, 0.1) is 16.4 Å². The Morgan fingerprint density at radius 2 is 2.35 bits per heavy atom. The topological polar surface area (TPSA) is 44.7 Å². The summed E-state index contributed by atoms with van der Waals surface area (Å²) >= 11 is 1.97. The monoisotopic (exact) mass is 331 g/mol. The number of carbonyl (C=O) groups is 1. The van der Waals surface area contributed by atoms with E-state index in [2.05, 4.69) is 41.6 Å². The van der Waals surface area contributed by atoms with Crippen molar-refractivity contribution >= 4 is 23.9 Å². The smallest absolute Gasteiger partial charge is 0.226 e. The summed E-state index contributed by atoms with van der Waals surface area (Å²) in [4.78, 5) is 20.0. The average molecular weight is 331 g/mol. The van der Waals surface area contributed by atoms with E-state index in [1.165, 1.54) is 5.70 Å². The van der Waals surface area contributed by atoms with Crippen LogP contribution in [-0.2, 0) is 4.79 Å². The fourth-order valence-corrected chi connectivity index (χ4v) is 6.49. The molecule has 3 heterocycles. The minimum Gasteiger partial charge on any atom is -0.341 e. The van der Waals surface area contributed by atoms with E-state index in [4.69, 9.17) is 4.99 Å². The van der Waals surface area contributed by atoms with Crippen molar-refractivity contribution in [2.75, 3.05) is 31.9 Å². The first-order chi connectivity index (χ1) is 11.2. The summed E-state index contributed by atoms with van der Waals surface area (Å²) in [6, 6.07) is 0. The van der Waals surface area contributed by atoms with Crippen molar-refractivity contribution in [2.24, 2.45) is 22.7 Å². The quantitative estimate of drug-likeness (QED) is 0.800. The second kappa shape index (κ2) is 6.10. The van der Waals surface area contributed by atoms with Gasteiger partial charge in [0.15, 0.2) is 0 Å². The van der Waals surface area contributed by atoms with Gasteiger partial charge in [0.1, 0.15) is 0 Å². The van der Waals surface area contributed by atoms with Crippen molar-refractivity contribution in [3.8, 4) is 0 Å². The molecule has 3 aliphatic heterocycles. The van der Waals surface area contributed by atoms with Crippen LogP contribution in [0.4, 0.5) is 0 Å². The Balaban J connectivity index is 1.61. The van der Waals surface area contributed by atoms with Crippen LogP contribution in [0.5, 0.6) is 0 Å². The maximum atomic E-state index is 13.2. The number of allylic oxidation sites excluding steroid dienone is 3. The van der Waals surface area contributed by atoms with E-state index in [0.717, 1.165) is 44.8 Å². The Morgan fingerprint density at radius 1 is 1.43 bits per heavy atom. The number of rotatable bonds is 1. The summed E-state index contributed by atoms with van der Waals surface area (Å²) < 4.78 is 0.0351. The second-order valence-electron chi connectivity index (χ2n) is 7.08. The molecule has 4 nitrogen and oxygen atoms in total. The molecule has 2 fully saturated rings. The predicted octanol–water partition coefficient (Wildman–Crippen LogP) is 2.09. The molecule has 5 heteroatoms. The maximum Gasteiger partial charge on any atom is 0.226 e. The fraction of sp³-hybridized carbons (Fsp3) is 0.667. The van der Waals surface area contributed by atoms with Crippen LogP contribution < -0.4 is 5.32 Å². The highest BCUT2D eigenvalue weighted by molar-refractivity contribution is 8.01. The van der Waals surface area contributed by atoms with Crippen LogP contribution in [0.15, 0.2) is 28.9 Å². The normalized spacial score (nSPS) is 39.4. The molecule has 1 aliphatic carbocycles. The van der Waals surface area contributed by atoms with Crippen LogP contribution in [0.1, 0.15) is 19.8 Å². The molecule has 23 heavy (non-hydrogen) atoms. The molecule has 4 atom stereocenters. The van der Waals surface area contributed by atoms with Crippen molar-refractivity contribution in [3.05, 3.63) is 23.9 Å². The number of hydrogen-bond donors (Lipinski definition) is 1. The van der Waals surface area contributed by atoms with E-state index in [9.17, 15) is 4.79 Å². The lowest BCUT2D eigenvalue weighted by molar-refractivity contribution is -0.136. The molecule has 0 aromatic carbocycles. The Morgan fingerprint density at radius 3 is 3.26 bits per heavy atom. The molecule has 1 amide bonds. The minimum absolute atomic E-state index is 0.0351. The van der Waals surface area contributed by atoms with Crippen LogP contribution in [0, 0.1) is 17.8 Å². The largest absolute Gasteiger partial charge is 0.341 e. The first-order valence-electron chi connectivity index (χ1n) is 8.77. The zero-order valence-electron chi connectivity index (χ0n) is 13.7. The Kier molecular flexibility index (Phi) is 4.10. The van der Waals surface area contributed by atoms with Gasteiger partial charge in [-0.3, -0.25) is 9.79 Å². The Labute approximate surface area is 142 Å². The van der Waals surface area contributed by atoms with Gasteiger partial charge in [-0.2, -0.15) is 0 Å². The number of amides is 1. The molecule has 0 radical (unpaired) electrons. The van der Waals surface area contributed by atoms with Gasteiger partial charge in [-0.05, 0) is 37.3 Å². The number of carbonyl (C=O) groups excluding carboxylic acids is 1. The summed E-state index contributed by atoms with van der Waals surface area (Å²) in [5.41, 5.74) is 1.18. The zero-order chi connectivity index (χ0) is 15.9. The van der Waals surface area contributed by atoms with Gasteiger partial charge >= 0.3 is 0 Å². The van der Waals surface area contributed by atoms with E-state index < -0.39 is 0 Å². The summed E-state index contributed by atoms with van der Waals surface area (Å²) in [6.45, 7) is 5.94. The van der Waals surface area contributed by atoms with E-state index in [1.54, 1.807) is 0 Å². The van der Waals surface area contributed by atoms with E-state index >= 15 is 0 Å². The summed E-state index contributed by atoms with van der Waals surface area (Å²) in [6.07, 6.45) is 10.7. The van der Waals surface area contributed by atoms with Gasteiger partial charge in [-0.1, -0.05) is 19.1 Å². The van der Waals surface area contributed by atoms with Crippen LogP contribution in [0.2, 0.25) is 0 Å². The molecule has 4 rings (SSSR count). The van der Waals surface area contributed by atoms with Crippen molar-refractivity contribution in [2.45, 2.75) is 24.5 Å². The van der Waals surface area contributed by atoms with Crippen LogP contribution in [0.25, 0.3) is 0 Å². The molecule has 0 saturated carbocycles. The van der Waals surface area contributed by atoms with Crippen molar-refractivity contribution in [1.29, 1.82) is 0 Å². The van der Waals surface area contributed by atoms with Gasteiger partial charge < -0.3 is 10.2 Å². The number of aliphatic imine (C=N–C) groups is 1. The highest BCUT2D eigenvalue weighted by atomic mass is 32.2. The molecule has 2 saturated heterocycles.